The molecule has 6 nitrogen and oxygen atoms in total. The summed E-state index contributed by atoms with van der Waals surface area (Å²) in [5, 5.41) is 4.11. The van der Waals surface area contributed by atoms with Crippen LogP contribution in [0.25, 0.3) is 10.9 Å². The van der Waals surface area contributed by atoms with Crippen LogP contribution in [0.15, 0.2) is 24.3 Å². The molecule has 1 amide bonds. The van der Waals surface area contributed by atoms with E-state index in [4.69, 9.17) is 10.5 Å². The van der Waals surface area contributed by atoms with Gasteiger partial charge >= 0.3 is 0 Å². The van der Waals surface area contributed by atoms with Crippen molar-refractivity contribution in [2.75, 3.05) is 33.1 Å². The third-order valence-corrected chi connectivity index (χ3v) is 3.21. The first kappa shape index (κ1) is 15.1. The predicted octanol–water partition coefficient (Wildman–Crippen LogP) is 1.20. The van der Waals surface area contributed by atoms with E-state index in [2.05, 4.69) is 16.4 Å². The van der Waals surface area contributed by atoms with Crippen LogP contribution in [0.2, 0.25) is 0 Å². The van der Waals surface area contributed by atoms with Gasteiger partial charge in [0.2, 0.25) is 5.91 Å². The standard InChI is InChI=1S/C15H20N4O2/c1-17-15-11(8-19(2)9-14(16)20)6-10-4-5-12(21-3)7-13(10)18-15/h4-7H,8-9H2,1-3H3,(H2,16,20)(H,17,18). The molecule has 1 heterocycles. The van der Waals surface area contributed by atoms with Crippen LogP contribution in [0.3, 0.4) is 0 Å². The summed E-state index contributed by atoms with van der Waals surface area (Å²) in [7, 11) is 5.31. The molecule has 2 rings (SSSR count). The first-order valence-corrected chi connectivity index (χ1v) is 6.65. The minimum atomic E-state index is -0.345. The number of methoxy groups -OCH3 is 1. The molecular weight excluding hydrogens is 268 g/mol. The highest BCUT2D eigenvalue weighted by molar-refractivity contribution is 5.83. The number of anilines is 1. The van der Waals surface area contributed by atoms with Gasteiger partial charge in [-0.25, -0.2) is 4.98 Å². The molecule has 2 aromatic rings. The maximum absolute atomic E-state index is 11.0. The number of nitrogens with two attached hydrogens (primary N) is 1. The van der Waals surface area contributed by atoms with Crippen molar-refractivity contribution in [1.82, 2.24) is 9.88 Å². The molecular formula is C15H20N4O2. The predicted molar refractivity (Wildman–Crippen MR) is 83.4 cm³/mol. The summed E-state index contributed by atoms with van der Waals surface area (Å²) in [6.45, 7) is 0.803. The maximum Gasteiger partial charge on any atom is 0.231 e. The molecule has 0 spiro atoms. The van der Waals surface area contributed by atoms with Gasteiger partial charge in [0.15, 0.2) is 0 Å². The molecule has 3 N–H and O–H groups in total. The highest BCUT2D eigenvalue weighted by Gasteiger charge is 2.10. The van der Waals surface area contributed by atoms with Crippen molar-refractivity contribution in [2.24, 2.45) is 5.73 Å². The summed E-state index contributed by atoms with van der Waals surface area (Å²) in [5.74, 6) is 1.21. The fourth-order valence-corrected chi connectivity index (χ4v) is 2.27. The molecule has 0 saturated carbocycles. The van der Waals surface area contributed by atoms with Crippen LogP contribution in [0, 0.1) is 0 Å². The van der Waals surface area contributed by atoms with Gasteiger partial charge in [-0.1, -0.05) is 0 Å². The van der Waals surface area contributed by atoms with Crippen molar-refractivity contribution < 1.29 is 9.53 Å². The van der Waals surface area contributed by atoms with Gasteiger partial charge in [0.1, 0.15) is 11.6 Å². The van der Waals surface area contributed by atoms with Crippen LogP contribution in [-0.4, -0.2) is 43.5 Å². The van der Waals surface area contributed by atoms with E-state index in [0.717, 1.165) is 28.0 Å². The Kier molecular flexibility index (Phi) is 4.59. The van der Waals surface area contributed by atoms with E-state index in [-0.39, 0.29) is 12.5 Å². The third kappa shape index (κ3) is 3.61. The maximum atomic E-state index is 11.0. The van der Waals surface area contributed by atoms with Gasteiger partial charge in [-0.05, 0) is 25.2 Å². The fraction of sp³-hybridized carbons (Fsp3) is 0.333. The summed E-state index contributed by atoms with van der Waals surface area (Å²) >= 11 is 0. The Labute approximate surface area is 123 Å². The number of ether oxygens (including phenoxy) is 1. The highest BCUT2D eigenvalue weighted by Crippen LogP contribution is 2.24. The van der Waals surface area contributed by atoms with Crippen LogP contribution in [-0.2, 0) is 11.3 Å². The molecule has 0 saturated heterocycles. The van der Waals surface area contributed by atoms with Gasteiger partial charge in [-0.3, -0.25) is 9.69 Å². The summed E-state index contributed by atoms with van der Waals surface area (Å²) in [6, 6.07) is 7.83. The van der Waals surface area contributed by atoms with Gasteiger partial charge in [-0.2, -0.15) is 0 Å². The number of nitrogens with zero attached hydrogens (tertiary/aromatic N) is 2. The molecule has 1 aromatic heterocycles. The molecule has 0 fully saturated rings. The second-order valence-corrected chi connectivity index (χ2v) is 4.94. The van der Waals surface area contributed by atoms with Gasteiger partial charge in [0.25, 0.3) is 0 Å². The number of fused-ring (bicyclic) bond motifs is 1. The van der Waals surface area contributed by atoms with Crippen molar-refractivity contribution in [2.45, 2.75) is 6.54 Å². The lowest BCUT2D eigenvalue weighted by Crippen LogP contribution is -2.30. The first-order chi connectivity index (χ1) is 10.0. The Morgan fingerprint density at radius 1 is 1.43 bits per heavy atom. The SMILES string of the molecule is CNc1nc2cc(OC)ccc2cc1CN(C)CC(N)=O. The summed E-state index contributed by atoms with van der Waals surface area (Å²) in [5.41, 5.74) is 7.09. The zero-order valence-electron chi connectivity index (χ0n) is 12.5. The first-order valence-electron chi connectivity index (χ1n) is 6.65. The number of aromatic nitrogens is 1. The Hall–Kier alpha value is -2.34. The highest BCUT2D eigenvalue weighted by atomic mass is 16.5. The summed E-state index contributed by atoms with van der Waals surface area (Å²) in [6.07, 6.45) is 0. The summed E-state index contributed by atoms with van der Waals surface area (Å²) in [4.78, 5) is 17.4. The monoisotopic (exact) mass is 288 g/mol. The minimum Gasteiger partial charge on any atom is -0.497 e. The number of hydrogen-bond acceptors (Lipinski definition) is 5. The van der Waals surface area contributed by atoms with Crippen molar-refractivity contribution >= 4 is 22.6 Å². The Morgan fingerprint density at radius 2 is 2.19 bits per heavy atom. The van der Waals surface area contributed by atoms with Gasteiger partial charge in [0, 0.05) is 30.6 Å². The fourth-order valence-electron chi connectivity index (χ4n) is 2.27. The van der Waals surface area contributed by atoms with Crippen LogP contribution in [0.5, 0.6) is 5.75 Å². The number of likely N-dealkylation sites (N-methyl/N-ethyl adjacent to an activating group) is 1. The second-order valence-electron chi connectivity index (χ2n) is 4.94. The topological polar surface area (TPSA) is 80.5 Å². The Bertz CT molecular complexity index is 657. The molecule has 0 atom stereocenters. The lowest BCUT2D eigenvalue weighted by Gasteiger charge is -2.17. The van der Waals surface area contributed by atoms with Gasteiger partial charge in [0.05, 0.1) is 19.2 Å². The van der Waals surface area contributed by atoms with E-state index < -0.39 is 0 Å². The van der Waals surface area contributed by atoms with E-state index in [1.54, 1.807) is 7.11 Å². The van der Waals surface area contributed by atoms with Gasteiger partial charge < -0.3 is 15.8 Å². The van der Waals surface area contributed by atoms with Gasteiger partial charge in [-0.15, -0.1) is 0 Å². The van der Waals surface area contributed by atoms with Crippen molar-refractivity contribution in [3.8, 4) is 5.75 Å². The molecule has 6 heteroatoms. The third-order valence-electron chi connectivity index (χ3n) is 3.21. The number of carbonyl (C=O) groups excluding carboxylic acids is 1. The second kappa shape index (κ2) is 6.41. The van der Waals surface area contributed by atoms with Crippen molar-refractivity contribution in [3.63, 3.8) is 0 Å². The van der Waals surface area contributed by atoms with E-state index in [1.165, 1.54) is 0 Å². The minimum absolute atomic E-state index is 0.212. The quantitative estimate of drug-likeness (QED) is 0.835. The van der Waals surface area contributed by atoms with Crippen LogP contribution < -0.4 is 15.8 Å². The number of rotatable bonds is 6. The molecule has 0 aliphatic rings. The van der Waals surface area contributed by atoms with Crippen LogP contribution in [0.4, 0.5) is 5.82 Å². The number of nitrogens with one attached hydrogen (secondary N) is 1. The zero-order valence-corrected chi connectivity index (χ0v) is 12.5. The number of primary amides is 1. The molecule has 0 aliphatic carbocycles. The summed E-state index contributed by atoms with van der Waals surface area (Å²) < 4.78 is 5.21. The molecule has 0 bridgehead atoms. The molecule has 0 unspecified atom stereocenters. The van der Waals surface area contributed by atoms with E-state index in [1.807, 2.05) is 37.2 Å². The smallest absolute Gasteiger partial charge is 0.231 e. The van der Waals surface area contributed by atoms with E-state index in [9.17, 15) is 4.79 Å². The van der Waals surface area contributed by atoms with Crippen LogP contribution >= 0.6 is 0 Å². The molecule has 1 aromatic carbocycles. The molecule has 21 heavy (non-hydrogen) atoms. The van der Waals surface area contributed by atoms with Crippen molar-refractivity contribution in [3.05, 3.63) is 29.8 Å². The van der Waals surface area contributed by atoms with Crippen molar-refractivity contribution in [1.29, 1.82) is 0 Å². The van der Waals surface area contributed by atoms with E-state index >= 15 is 0 Å². The number of carbonyl (C=O) groups is 1. The lowest BCUT2D eigenvalue weighted by atomic mass is 10.1. The van der Waals surface area contributed by atoms with E-state index in [0.29, 0.717) is 6.54 Å². The lowest BCUT2D eigenvalue weighted by molar-refractivity contribution is -0.118. The normalized spacial score (nSPS) is 10.9. The largest absolute Gasteiger partial charge is 0.497 e. The molecule has 0 radical (unpaired) electrons. The zero-order chi connectivity index (χ0) is 15.4. The molecule has 0 aliphatic heterocycles. The Morgan fingerprint density at radius 3 is 2.81 bits per heavy atom. The molecule has 112 valence electrons. The van der Waals surface area contributed by atoms with Crippen LogP contribution in [0.1, 0.15) is 5.56 Å². The number of hydrogen-bond donors (Lipinski definition) is 2. The number of benzene rings is 1. The number of pyridine rings is 1. The average Bonchev–Trinajstić information content (AvgIpc) is 2.45. The average molecular weight is 288 g/mol. The number of amides is 1. The Balaban J connectivity index is 2.36.